The fourth-order valence-electron chi connectivity index (χ4n) is 1.58. The lowest BCUT2D eigenvalue weighted by Gasteiger charge is -2.06. The molecule has 0 bridgehead atoms. The highest BCUT2D eigenvalue weighted by atomic mass is 32.1. The highest BCUT2D eigenvalue weighted by Crippen LogP contribution is 2.24. The van der Waals surface area contributed by atoms with Gasteiger partial charge in [0, 0.05) is 10.9 Å². The van der Waals surface area contributed by atoms with Crippen LogP contribution in [-0.2, 0) is 0 Å². The maximum Gasteiger partial charge on any atom is 0.197 e. The fourth-order valence-corrected chi connectivity index (χ4v) is 2.41. The van der Waals surface area contributed by atoms with E-state index in [-0.39, 0.29) is 17.1 Å². The van der Waals surface area contributed by atoms with Gasteiger partial charge < -0.3 is 4.74 Å². The number of ether oxygens (including phenoxy) is 1. The van der Waals surface area contributed by atoms with Crippen LogP contribution in [0.3, 0.4) is 0 Å². The minimum Gasteiger partial charge on any atom is -0.494 e. The van der Waals surface area contributed by atoms with E-state index in [1.54, 1.807) is 11.4 Å². The van der Waals surface area contributed by atoms with E-state index in [2.05, 4.69) is 0 Å². The van der Waals surface area contributed by atoms with Gasteiger partial charge in [-0.2, -0.15) is 11.3 Å². The van der Waals surface area contributed by atoms with Gasteiger partial charge in [0.1, 0.15) is 0 Å². The van der Waals surface area contributed by atoms with Gasteiger partial charge in [0.05, 0.1) is 12.7 Å². The average Bonchev–Trinajstić information content (AvgIpc) is 2.75. The summed E-state index contributed by atoms with van der Waals surface area (Å²) in [6, 6.07) is 4.57. The van der Waals surface area contributed by atoms with Gasteiger partial charge in [-0.1, -0.05) is 6.07 Å². The molecule has 0 amide bonds. The predicted molar refractivity (Wildman–Crippen MR) is 65.4 cm³/mol. The van der Waals surface area contributed by atoms with Crippen LogP contribution in [0, 0.1) is 12.7 Å². The van der Waals surface area contributed by atoms with Crippen LogP contribution in [0.4, 0.5) is 4.39 Å². The number of benzene rings is 1. The number of halogens is 1. The largest absolute Gasteiger partial charge is 0.494 e. The molecule has 0 saturated carbocycles. The highest BCUT2D eigenvalue weighted by Gasteiger charge is 2.18. The SMILES string of the molecule is COc1cccc(C(=O)c2cscc2C)c1F. The molecule has 88 valence electrons. The van der Waals surface area contributed by atoms with Crippen LogP contribution in [0.2, 0.25) is 0 Å². The lowest BCUT2D eigenvalue weighted by Crippen LogP contribution is -2.05. The molecule has 0 N–H and O–H groups in total. The average molecular weight is 250 g/mol. The first-order chi connectivity index (χ1) is 8.15. The normalized spacial score (nSPS) is 10.3. The van der Waals surface area contributed by atoms with Crippen molar-refractivity contribution in [3.8, 4) is 5.75 Å². The minimum absolute atomic E-state index is 0.0471. The molecule has 0 aliphatic rings. The van der Waals surface area contributed by atoms with Gasteiger partial charge >= 0.3 is 0 Å². The number of thiophene rings is 1. The van der Waals surface area contributed by atoms with Crippen LogP contribution in [0.5, 0.6) is 5.75 Å². The zero-order valence-corrected chi connectivity index (χ0v) is 10.3. The number of ketones is 1. The first-order valence-corrected chi connectivity index (χ1v) is 5.99. The number of hydrogen-bond acceptors (Lipinski definition) is 3. The smallest absolute Gasteiger partial charge is 0.197 e. The Balaban J connectivity index is 2.48. The standard InChI is InChI=1S/C13H11FO2S/c1-8-6-17-7-10(8)13(15)9-4-3-5-11(16-2)12(9)14/h3-7H,1-2H3. The van der Waals surface area contributed by atoms with Crippen molar-refractivity contribution in [2.45, 2.75) is 6.92 Å². The van der Waals surface area contributed by atoms with Crippen molar-refractivity contribution in [3.05, 3.63) is 51.5 Å². The van der Waals surface area contributed by atoms with Crippen LogP contribution in [0.1, 0.15) is 21.5 Å². The summed E-state index contributed by atoms with van der Waals surface area (Å²) in [5.74, 6) is -0.825. The summed E-state index contributed by atoms with van der Waals surface area (Å²) in [6.07, 6.45) is 0. The van der Waals surface area contributed by atoms with Crippen molar-refractivity contribution < 1.29 is 13.9 Å². The van der Waals surface area contributed by atoms with Gasteiger partial charge in [0.25, 0.3) is 0 Å². The molecule has 0 saturated heterocycles. The van der Waals surface area contributed by atoms with Gasteiger partial charge in [-0.15, -0.1) is 0 Å². The zero-order chi connectivity index (χ0) is 12.4. The molecule has 0 radical (unpaired) electrons. The van der Waals surface area contributed by atoms with Gasteiger partial charge in [-0.3, -0.25) is 4.79 Å². The van der Waals surface area contributed by atoms with E-state index in [0.29, 0.717) is 5.56 Å². The molecule has 0 unspecified atom stereocenters. The van der Waals surface area contributed by atoms with Gasteiger partial charge in [0.15, 0.2) is 17.3 Å². The molecule has 17 heavy (non-hydrogen) atoms. The molecule has 0 spiro atoms. The Bertz CT molecular complexity index is 560. The molecule has 0 aliphatic heterocycles. The summed E-state index contributed by atoms with van der Waals surface area (Å²) < 4.78 is 18.8. The van der Waals surface area contributed by atoms with E-state index in [9.17, 15) is 9.18 Å². The summed E-state index contributed by atoms with van der Waals surface area (Å²) >= 11 is 1.43. The molecule has 0 aliphatic carbocycles. The Morgan fingerprint density at radius 1 is 1.29 bits per heavy atom. The zero-order valence-electron chi connectivity index (χ0n) is 9.49. The quantitative estimate of drug-likeness (QED) is 0.780. The molecule has 0 fully saturated rings. The number of aryl methyl sites for hydroxylation is 1. The Hall–Kier alpha value is -1.68. The lowest BCUT2D eigenvalue weighted by molar-refractivity contribution is 0.103. The monoisotopic (exact) mass is 250 g/mol. The molecule has 2 aromatic rings. The van der Waals surface area contributed by atoms with E-state index >= 15 is 0 Å². The predicted octanol–water partition coefficient (Wildman–Crippen LogP) is 3.44. The Morgan fingerprint density at radius 2 is 2.06 bits per heavy atom. The number of hydrogen-bond donors (Lipinski definition) is 0. The number of carbonyl (C=O) groups excluding carboxylic acids is 1. The maximum absolute atomic E-state index is 13.9. The minimum atomic E-state index is -0.606. The molecule has 1 aromatic heterocycles. The molecule has 1 aromatic carbocycles. The van der Waals surface area contributed by atoms with Crippen LogP contribution >= 0.6 is 11.3 Å². The Kier molecular flexibility index (Phi) is 3.24. The Morgan fingerprint density at radius 3 is 2.65 bits per heavy atom. The number of methoxy groups -OCH3 is 1. The van der Waals surface area contributed by atoms with Crippen LogP contribution in [-0.4, -0.2) is 12.9 Å². The van der Waals surface area contributed by atoms with Gasteiger partial charge in [0.2, 0.25) is 0 Å². The number of rotatable bonds is 3. The van der Waals surface area contributed by atoms with Crippen molar-refractivity contribution in [3.63, 3.8) is 0 Å². The van der Waals surface area contributed by atoms with Gasteiger partial charge in [-0.05, 0) is 30.0 Å². The van der Waals surface area contributed by atoms with Crippen LogP contribution in [0.25, 0.3) is 0 Å². The third kappa shape index (κ3) is 2.08. The molecule has 2 nitrogen and oxygen atoms in total. The van der Waals surface area contributed by atoms with Crippen molar-refractivity contribution in [2.75, 3.05) is 7.11 Å². The van der Waals surface area contributed by atoms with E-state index in [4.69, 9.17) is 4.74 Å². The summed E-state index contributed by atoms with van der Waals surface area (Å²) in [4.78, 5) is 12.1. The third-order valence-corrected chi connectivity index (χ3v) is 3.39. The third-order valence-electron chi connectivity index (χ3n) is 2.53. The topological polar surface area (TPSA) is 26.3 Å². The second kappa shape index (κ2) is 4.67. The van der Waals surface area contributed by atoms with E-state index in [1.807, 2.05) is 12.3 Å². The molecule has 0 atom stereocenters. The van der Waals surface area contributed by atoms with E-state index in [0.717, 1.165) is 5.56 Å². The molecule has 2 rings (SSSR count). The molecule has 1 heterocycles. The van der Waals surface area contributed by atoms with Gasteiger partial charge in [-0.25, -0.2) is 4.39 Å². The molecular weight excluding hydrogens is 239 g/mol. The van der Waals surface area contributed by atoms with Crippen molar-refractivity contribution in [1.29, 1.82) is 0 Å². The van der Waals surface area contributed by atoms with Crippen molar-refractivity contribution in [2.24, 2.45) is 0 Å². The van der Waals surface area contributed by atoms with Crippen LogP contribution < -0.4 is 4.74 Å². The van der Waals surface area contributed by atoms with Crippen LogP contribution in [0.15, 0.2) is 29.0 Å². The summed E-state index contributed by atoms with van der Waals surface area (Å²) in [7, 11) is 1.38. The first-order valence-electron chi connectivity index (χ1n) is 5.05. The lowest BCUT2D eigenvalue weighted by atomic mass is 10.0. The second-order valence-corrected chi connectivity index (χ2v) is 4.36. The summed E-state index contributed by atoms with van der Waals surface area (Å²) in [5, 5.41) is 3.60. The molecule has 4 heteroatoms. The maximum atomic E-state index is 13.9. The second-order valence-electron chi connectivity index (χ2n) is 3.62. The van der Waals surface area contributed by atoms with E-state index < -0.39 is 5.82 Å². The first kappa shape index (κ1) is 11.8. The van der Waals surface area contributed by atoms with Crippen molar-refractivity contribution in [1.82, 2.24) is 0 Å². The highest BCUT2D eigenvalue weighted by molar-refractivity contribution is 7.08. The summed E-state index contributed by atoms with van der Waals surface area (Å²) in [5.41, 5.74) is 1.45. The summed E-state index contributed by atoms with van der Waals surface area (Å²) in [6.45, 7) is 1.84. The fraction of sp³-hybridized carbons (Fsp3) is 0.154. The van der Waals surface area contributed by atoms with Crippen molar-refractivity contribution >= 4 is 17.1 Å². The Labute approximate surface area is 103 Å². The molecular formula is C13H11FO2S. The van der Waals surface area contributed by atoms with E-state index in [1.165, 1.54) is 30.6 Å². The number of carbonyl (C=O) groups is 1.